The van der Waals surface area contributed by atoms with Gasteiger partial charge in [-0.3, -0.25) is 0 Å². The standard InChI is InChI=1S/C5H13N3/c6-4-1-5(7)3-8-2-4/h4-5,8H,1-3,6-7H2/t4-,5+. The molecule has 0 unspecified atom stereocenters. The zero-order valence-electron chi connectivity index (χ0n) is 4.93. The van der Waals surface area contributed by atoms with Gasteiger partial charge in [0.25, 0.3) is 0 Å². The van der Waals surface area contributed by atoms with Gasteiger partial charge >= 0.3 is 0 Å². The molecule has 0 aromatic rings. The van der Waals surface area contributed by atoms with Gasteiger partial charge in [-0.05, 0) is 6.42 Å². The molecule has 0 bridgehead atoms. The Labute approximate surface area is 49.4 Å². The molecule has 48 valence electrons. The molecule has 3 heteroatoms. The highest BCUT2D eigenvalue weighted by atomic mass is 15.0. The first kappa shape index (κ1) is 6.01. The van der Waals surface area contributed by atoms with Crippen LogP contribution in [0.15, 0.2) is 0 Å². The minimum Gasteiger partial charge on any atom is -0.326 e. The summed E-state index contributed by atoms with van der Waals surface area (Å²) in [5.41, 5.74) is 11.2. The quantitative estimate of drug-likeness (QED) is 0.365. The number of piperidine rings is 1. The molecule has 0 saturated carbocycles. The first-order chi connectivity index (χ1) is 3.79. The molecule has 0 spiro atoms. The Morgan fingerprint density at radius 1 is 1.12 bits per heavy atom. The van der Waals surface area contributed by atoms with E-state index >= 15 is 0 Å². The molecule has 2 atom stereocenters. The average Bonchev–Trinajstić information content (AvgIpc) is 1.64. The number of hydrogen-bond acceptors (Lipinski definition) is 3. The molecular formula is C5H13N3. The number of hydrogen-bond donors (Lipinski definition) is 3. The highest BCUT2D eigenvalue weighted by Gasteiger charge is 2.13. The maximum absolute atomic E-state index is 5.58. The van der Waals surface area contributed by atoms with Gasteiger partial charge in [-0.2, -0.15) is 0 Å². The van der Waals surface area contributed by atoms with Crippen LogP contribution in [-0.2, 0) is 0 Å². The molecule has 1 saturated heterocycles. The maximum Gasteiger partial charge on any atom is 0.0180 e. The van der Waals surface area contributed by atoms with Gasteiger partial charge in [-0.25, -0.2) is 0 Å². The van der Waals surface area contributed by atoms with Crippen LogP contribution in [0.4, 0.5) is 0 Å². The third-order valence-electron chi connectivity index (χ3n) is 1.42. The Balaban J connectivity index is 2.23. The fraction of sp³-hybridized carbons (Fsp3) is 1.00. The van der Waals surface area contributed by atoms with Gasteiger partial charge in [0.05, 0.1) is 0 Å². The molecule has 0 aromatic heterocycles. The van der Waals surface area contributed by atoms with E-state index in [1.165, 1.54) is 0 Å². The molecular weight excluding hydrogens is 102 g/mol. The van der Waals surface area contributed by atoms with Crippen molar-refractivity contribution in [3.8, 4) is 0 Å². The zero-order chi connectivity index (χ0) is 5.98. The Hall–Kier alpha value is -0.120. The summed E-state index contributed by atoms with van der Waals surface area (Å²) in [5.74, 6) is 0. The van der Waals surface area contributed by atoms with Crippen molar-refractivity contribution in [2.45, 2.75) is 18.5 Å². The van der Waals surface area contributed by atoms with Gasteiger partial charge in [0.15, 0.2) is 0 Å². The van der Waals surface area contributed by atoms with E-state index in [1.807, 2.05) is 0 Å². The van der Waals surface area contributed by atoms with E-state index in [2.05, 4.69) is 5.32 Å². The van der Waals surface area contributed by atoms with E-state index in [9.17, 15) is 0 Å². The predicted molar refractivity (Wildman–Crippen MR) is 33.4 cm³/mol. The summed E-state index contributed by atoms with van der Waals surface area (Å²) in [6.45, 7) is 1.85. The van der Waals surface area contributed by atoms with E-state index in [4.69, 9.17) is 11.5 Å². The van der Waals surface area contributed by atoms with Crippen molar-refractivity contribution in [3.63, 3.8) is 0 Å². The molecule has 0 aliphatic carbocycles. The van der Waals surface area contributed by atoms with Crippen LogP contribution in [0.2, 0.25) is 0 Å². The Kier molecular flexibility index (Phi) is 1.83. The van der Waals surface area contributed by atoms with E-state index in [0.29, 0.717) is 0 Å². The topological polar surface area (TPSA) is 64.1 Å². The molecule has 1 heterocycles. The van der Waals surface area contributed by atoms with Crippen LogP contribution in [0.25, 0.3) is 0 Å². The van der Waals surface area contributed by atoms with Crippen LogP contribution >= 0.6 is 0 Å². The summed E-state index contributed by atoms with van der Waals surface area (Å²) < 4.78 is 0. The Morgan fingerprint density at radius 2 is 1.62 bits per heavy atom. The van der Waals surface area contributed by atoms with Crippen molar-refractivity contribution >= 4 is 0 Å². The second kappa shape index (κ2) is 2.44. The first-order valence-corrected chi connectivity index (χ1v) is 3.01. The van der Waals surface area contributed by atoms with Crippen LogP contribution in [0.5, 0.6) is 0 Å². The third-order valence-corrected chi connectivity index (χ3v) is 1.42. The Morgan fingerprint density at radius 3 is 1.88 bits per heavy atom. The molecule has 8 heavy (non-hydrogen) atoms. The highest BCUT2D eigenvalue weighted by molar-refractivity contribution is 4.79. The predicted octanol–water partition coefficient (Wildman–Crippen LogP) is -1.37. The van der Waals surface area contributed by atoms with Crippen LogP contribution in [0.1, 0.15) is 6.42 Å². The molecule has 3 nitrogen and oxygen atoms in total. The van der Waals surface area contributed by atoms with Gasteiger partial charge < -0.3 is 16.8 Å². The first-order valence-electron chi connectivity index (χ1n) is 3.01. The van der Waals surface area contributed by atoms with Crippen molar-refractivity contribution < 1.29 is 0 Å². The van der Waals surface area contributed by atoms with Gasteiger partial charge in [0, 0.05) is 25.2 Å². The van der Waals surface area contributed by atoms with E-state index in [-0.39, 0.29) is 12.1 Å². The summed E-state index contributed by atoms with van der Waals surface area (Å²) in [4.78, 5) is 0. The second-order valence-corrected chi connectivity index (χ2v) is 2.41. The lowest BCUT2D eigenvalue weighted by Crippen LogP contribution is -2.49. The fourth-order valence-electron chi connectivity index (χ4n) is 1.01. The molecule has 0 amide bonds. The van der Waals surface area contributed by atoms with Crippen molar-refractivity contribution in [1.82, 2.24) is 5.32 Å². The SMILES string of the molecule is N[C@@H]1CNC[C@H](N)C1. The minimum absolute atomic E-state index is 0.277. The zero-order valence-corrected chi connectivity index (χ0v) is 4.93. The van der Waals surface area contributed by atoms with Gasteiger partial charge in [-0.15, -0.1) is 0 Å². The highest BCUT2D eigenvalue weighted by Crippen LogP contribution is 1.95. The van der Waals surface area contributed by atoms with Crippen LogP contribution in [-0.4, -0.2) is 25.2 Å². The monoisotopic (exact) mass is 115 g/mol. The fourth-order valence-corrected chi connectivity index (χ4v) is 1.01. The normalized spacial score (nSPS) is 39.8. The van der Waals surface area contributed by atoms with Crippen molar-refractivity contribution in [1.29, 1.82) is 0 Å². The molecule has 0 aromatic carbocycles. The smallest absolute Gasteiger partial charge is 0.0180 e. The molecule has 1 aliphatic rings. The lowest BCUT2D eigenvalue weighted by molar-refractivity contribution is 0.411. The summed E-state index contributed by atoms with van der Waals surface area (Å²) in [5, 5.41) is 3.13. The lowest BCUT2D eigenvalue weighted by atomic mass is 10.1. The van der Waals surface area contributed by atoms with Gasteiger partial charge in [0.1, 0.15) is 0 Å². The van der Waals surface area contributed by atoms with Crippen LogP contribution in [0.3, 0.4) is 0 Å². The minimum atomic E-state index is 0.277. The summed E-state index contributed by atoms with van der Waals surface area (Å²) in [6.07, 6.45) is 0.965. The number of rotatable bonds is 0. The van der Waals surface area contributed by atoms with Crippen LogP contribution < -0.4 is 16.8 Å². The van der Waals surface area contributed by atoms with Crippen LogP contribution in [0, 0.1) is 0 Å². The van der Waals surface area contributed by atoms with E-state index < -0.39 is 0 Å². The molecule has 5 N–H and O–H groups in total. The summed E-state index contributed by atoms with van der Waals surface area (Å²) >= 11 is 0. The summed E-state index contributed by atoms with van der Waals surface area (Å²) in [7, 11) is 0. The van der Waals surface area contributed by atoms with Gasteiger partial charge in [0.2, 0.25) is 0 Å². The van der Waals surface area contributed by atoms with Crippen molar-refractivity contribution in [2.75, 3.05) is 13.1 Å². The van der Waals surface area contributed by atoms with Crippen molar-refractivity contribution in [3.05, 3.63) is 0 Å². The van der Waals surface area contributed by atoms with E-state index in [0.717, 1.165) is 19.5 Å². The largest absolute Gasteiger partial charge is 0.326 e. The number of nitrogens with two attached hydrogens (primary N) is 2. The average molecular weight is 115 g/mol. The molecule has 1 rings (SSSR count). The summed E-state index contributed by atoms with van der Waals surface area (Å²) in [6, 6.07) is 0.553. The van der Waals surface area contributed by atoms with E-state index in [1.54, 1.807) is 0 Å². The molecule has 1 fully saturated rings. The lowest BCUT2D eigenvalue weighted by Gasteiger charge is -2.24. The Bertz CT molecular complexity index is 66.1. The molecule has 0 radical (unpaired) electrons. The maximum atomic E-state index is 5.58. The number of nitrogens with one attached hydrogen (secondary N) is 1. The third kappa shape index (κ3) is 1.43. The van der Waals surface area contributed by atoms with Crippen molar-refractivity contribution in [2.24, 2.45) is 11.5 Å². The second-order valence-electron chi connectivity index (χ2n) is 2.41. The van der Waals surface area contributed by atoms with Gasteiger partial charge in [-0.1, -0.05) is 0 Å². The molecule has 1 aliphatic heterocycles.